The molecule has 2 aromatic rings. The predicted molar refractivity (Wildman–Crippen MR) is 104 cm³/mol. The molecule has 0 N–H and O–H groups in total. The molecule has 1 aliphatic heterocycles. The average Bonchev–Trinajstić information content (AvgIpc) is 2.65. The third-order valence-electron chi connectivity index (χ3n) is 4.52. The topological polar surface area (TPSA) is 90.0 Å². The molecule has 3 rings (SSSR count). The molecule has 0 atom stereocenters. The third kappa shape index (κ3) is 4.22. The Bertz CT molecular complexity index is 1050. The Morgan fingerprint density at radius 2 is 1.36 bits per heavy atom. The van der Waals surface area contributed by atoms with E-state index >= 15 is 0 Å². The molecule has 0 aromatic heterocycles. The number of nitrogens with zero attached hydrogens (tertiary/aromatic N) is 1. The fourth-order valence-corrected chi connectivity index (χ4v) is 5.63. The first-order valence-electron chi connectivity index (χ1n) is 8.81. The second-order valence-corrected chi connectivity index (χ2v) is 10.2. The smallest absolute Gasteiger partial charge is 0.339 e. The number of benzene rings is 2. The minimum Gasteiger partial charge on any atom is -0.379 e. The van der Waals surface area contributed by atoms with Crippen LogP contribution in [0.15, 0.2) is 46.2 Å². The molecule has 1 aliphatic rings. The van der Waals surface area contributed by atoms with E-state index in [2.05, 4.69) is 0 Å². The van der Waals surface area contributed by atoms with Crippen molar-refractivity contribution in [1.29, 1.82) is 0 Å². The van der Waals surface area contributed by atoms with Crippen LogP contribution in [0, 0.1) is 20.8 Å². The summed E-state index contributed by atoms with van der Waals surface area (Å²) in [5.41, 5.74) is 2.44. The van der Waals surface area contributed by atoms with Crippen molar-refractivity contribution >= 4 is 20.1 Å². The normalized spacial score (nSPS) is 16.1. The summed E-state index contributed by atoms with van der Waals surface area (Å²) in [7, 11) is -7.77. The van der Waals surface area contributed by atoms with Crippen molar-refractivity contribution < 1.29 is 25.8 Å². The van der Waals surface area contributed by atoms with Gasteiger partial charge in [-0.15, -0.1) is 0 Å². The molecule has 0 unspecified atom stereocenters. The largest absolute Gasteiger partial charge is 0.379 e. The third-order valence-corrected chi connectivity index (χ3v) is 7.67. The zero-order valence-corrected chi connectivity index (χ0v) is 17.6. The first-order valence-corrected chi connectivity index (χ1v) is 11.7. The Kier molecular flexibility index (Phi) is 5.81. The highest BCUT2D eigenvalue weighted by Gasteiger charge is 2.27. The van der Waals surface area contributed by atoms with Crippen LogP contribution < -0.4 is 4.18 Å². The number of sulfonamides is 1. The lowest BCUT2D eigenvalue weighted by atomic mass is 10.1. The highest BCUT2D eigenvalue weighted by Crippen LogP contribution is 2.28. The number of hydrogen-bond donors (Lipinski definition) is 0. The molecule has 0 bridgehead atoms. The molecular weight excluding hydrogens is 402 g/mol. The lowest BCUT2D eigenvalue weighted by Gasteiger charge is -2.26. The highest BCUT2D eigenvalue weighted by molar-refractivity contribution is 7.89. The number of ether oxygens (including phenoxy) is 1. The minimum atomic E-state index is -4.09. The zero-order chi connectivity index (χ0) is 20.5. The van der Waals surface area contributed by atoms with Crippen molar-refractivity contribution in [3.63, 3.8) is 0 Å². The molecule has 9 heteroatoms. The summed E-state index contributed by atoms with van der Waals surface area (Å²) >= 11 is 0. The van der Waals surface area contributed by atoms with Gasteiger partial charge >= 0.3 is 10.1 Å². The highest BCUT2D eigenvalue weighted by atomic mass is 32.2. The average molecular weight is 426 g/mol. The molecule has 1 saturated heterocycles. The molecule has 0 saturated carbocycles. The number of aryl methyl sites for hydroxylation is 3. The molecule has 152 valence electrons. The summed E-state index contributed by atoms with van der Waals surface area (Å²) in [6.45, 7) is 6.72. The van der Waals surface area contributed by atoms with Gasteiger partial charge in [-0.05, 0) is 56.2 Å². The molecule has 1 fully saturated rings. The van der Waals surface area contributed by atoms with Gasteiger partial charge in [0.15, 0.2) is 0 Å². The lowest BCUT2D eigenvalue weighted by Crippen LogP contribution is -2.40. The van der Waals surface area contributed by atoms with Crippen LogP contribution >= 0.6 is 0 Å². The van der Waals surface area contributed by atoms with Crippen molar-refractivity contribution in [2.45, 2.75) is 30.6 Å². The van der Waals surface area contributed by atoms with Crippen molar-refractivity contribution in [3.05, 3.63) is 53.1 Å². The Labute approximate surface area is 166 Å². The van der Waals surface area contributed by atoms with Gasteiger partial charge < -0.3 is 8.92 Å². The van der Waals surface area contributed by atoms with Crippen LogP contribution in [0.3, 0.4) is 0 Å². The van der Waals surface area contributed by atoms with Gasteiger partial charge in [-0.1, -0.05) is 17.7 Å². The molecule has 0 radical (unpaired) electrons. The summed E-state index contributed by atoms with van der Waals surface area (Å²) in [6, 6.07) is 8.76. The Balaban J connectivity index is 1.86. The maximum Gasteiger partial charge on any atom is 0.339 e. The first kappa shape index (κ1) is 20.8. The Hall–Kier alpha value is -1.94. The van der Waals surface area contributed by atoms with Gasteiger partial charge in [0, 0.05) is 13.1 Å². The lowest BCUT2D eigenvalue weighted by molar-refractivity contribution is 0.0730. The van der Waals surface area contributed by atoms with Crippen LogP contribution in [-0.4, -0.2) is 47.4 Å². The second kappa shape index (κ2) is 7.82. The molecular formula is C19H23NO6S2. The SMILES string of the molecule is Cc1cc(C)c(OS(=O)(=O)c2ccc(S(=O)(=O)N3CCOCC3)cc2)c(C)c1. The van der Waals surface area contributed by atoms with Gasteiger partial charge in [-0.2, -0.15) is 12.7 Å². The first-order chi connectivity index (χ1) is 13.1. The van der Waals surface area contributed by atoms with Crippen LogP contribution in [0.2, 0.25) is 0 Å². The van der Waals surface area contributed by atoms with E-state index in [0.29, 0.717) is 24.3 Å². The van der Waals surface area contributed by atoms with Gasteiger partial charge in [0.25, 0.3) is 0 Å². The van der Waals surface area contributed by atoms with Gasteiger partial charge in [-0.25, -0.2) is 8.42 Å². The molecule has 7 nitrogen and oxygen atoms in total. The fraction of sp³-hybridized carbons (Fsp3) is 0.368. The van der Waals surface area contributed by atoms with Crippen LogP contribution in [-0.2, 0) is 24.9 Å². The van der Waals surface area contributed by atoms with Crippen LogP contribution in [0.5, 0.6) is 5.75 Å². The summed E-state index contributed by atoms with van der Waals surface area (Å²) in [5.74, 6) is 0.288. The molecule has 0 aliphatic carbocycles. The maximum absolute atomic E-state index is 12.7. The van der Waals surface area contributed by atoms with E-state index in [0.717, 1.165) is 5.56 Å². The Morgan fingerprint density at radius 3 is 1.89 bits per heavy atom. The van der Waals surface area contributed by atoms with E-state index in [-0.39, 0.29) is 28.6 Å². The van der Waals surface area contributed by atoms with Gasteiger partial charge in [0.1, 0.15) is 10.6 Å². The Morgan fingerprint density at radius 1 is 0.857 bits per heavy atom. The van der Waals surface area contributed by atoms with Gasteiger partial charge in [0.2, 0.25) is 10.0 Å². The predicted octanol–water partition coefficient (Wildman–Crippen LogP) is 2.40. The quantitative estimate of drug-likeness (QED) is 0.684. The molecule has 28 heavy (non-hydrogen) atoms. The zero-order valence-electron chi connectivity index (χ0n) is 16.0. The van der Waals surface area contributed by atoms with Crippen LogP contribution in [0.25, 0.3) is 0 Å². The van der Waals surface area contributed by atoms with Crippen molar-refractivity contribution in [1.82, 2.24) is 4.31 Å². The minimum absolute atomic E-state index is 0.0380. The molecule has 2 aromatic carbocycles. The molecule has 0 spiro atoms. The number of morpholine rings is 1. The van der Waals surface area contributed by atoms with E-state index in [1.807, 2.05) is 19.1 Å². The maximum atomic E-state index is 12.7. The van der Waals surface area contributed by atoms with Crippen molar-refractivity contribution in [2.24, 2.45) is 0 Å². The fourth-order valence-electron chi connectivity index (χ4n) is 3.17. The van der Waals surface area contributed by atoms with Crippen molar-refractivity contribution in [2.75, 3.05) is 26.3 Å². The second-order valence-electron chi connectivity index (χ2n) is 6.75. The molecule has 1 heterocycles. The summed E-state index contributed by atoms with van der Waals surface area (Å²) in [5, 5.41) is 0. The number of hydrogen-bond acceptors (Lipinski definition) is 6. The standard InChI is InChI=1S/C19H23NO6S2/c1-14-12-15(2)19(16(3)13-14)26-28(23,24)18-6-4-17(5-7-18)27(21,22)20-8-10-25-11-9-20/h4-7,12-13H,8-11H2,1-3H3. The van der Waals surface area contributed by atoms with E-state index in [9.17, 15) is 16.8 Å². The van der Waals surface area contributed by atoms with E-state index in [1.165, 1.54) is 28.6 Å². The van der Waals surface area contributed by atoms with Crippen molar-refractivity contribution in [3.8, 4) is 5.75 Å². The van der Waals surface area contributed by atoms with E-state index in [1.54, 1.807) is 13.8 Å². The van der Waals surface area contributed by atoms with Gasteiger partial charge in [0.05, 0.1) is 18.1 Å². The summed E-state index contributed by atoms with van der Waals surface area (Å²) < 4.78 is 62.5. The molecule has 0 amide bonds. The number of rotatable bonds is 5. The summed E-state index contributed by atoms with van der Waals surface area (Å²) in [4.78, 5) is -0.0659. The monoisotopic (exact) mass is 425 g/mol. The van der Waals surface area contributed by atoms with E-state index in [4.69, 9.17) is 8.92 Å². The summed E-state index contributed by atoms with van der Waals surface area (Å²) in [6.07, 6.45) is 0. The van der Waals surface area contributed by atoms with Crippen LogP contribution in [0.4, 0.5) is 0 Å². The van der Waals surface area contributed by atoms with E-state index < -0.39 is 20.1 Å². The van der Waals surface area contributed by atoms with Gasteiger partial charge in [-0.3, -0.25) is 0 Å². The van der Waals surface area contributed by atoms with Crippen LogP contribution in [0.1, 0.15) is 16.7 Å².